The minimum Gasteiger partial charge on any atom is -0.479 e. The van der Waals surface area contributed by atoms with Crippen molar-refractivity contribution in [2.24, 2.45) is 17.3 Å². The van der Waals surface area contributed by atoms with E-state index in [1.165, 1.54) is 5.56 Å². The highest BCUT2D eigenvalue weighted by Gasteiger charge is 2.57. The van der Waals surface area contributed by atoms with E-state index < -0.39 is 48.9 Å². The van der Waals surface area contributed by atoms with Crippen LogP contribution in [0.2, 0.25) is 0 Å². The Kier molecular flexibility index (Phi) is 5.70. The van der Waals surface area contributed by atoms with Crippen LogP contribution in [0.3, 0.4) is 0 Å². The summed E-state index contributed by atoms with van der Waals surface area (Å²) in [5.41, 5.74) is 2.08. The summed E-state index contributed by atoms with van der Waals surface area (Å²) in [5.74, 6) is -0.0622. The minimum absolute atomic E-state index is 0.248. The molecule has 1 aromatic rings. The summed E-state index contributed by atoms with van der Waals surface area (Å²) in [6.45, 7) is 2.10. The maximum Gasteiger partial charge on any atom is 0.335 e. The number of rotatable bonds is 3. The third kappa shape index (κ3) is 3.57. The maximum atomic E-state index is 11.3. The number of aliphatic carboxylic acids is 1. The highest BCUT2D eigenvalue weighted by Crippen LogP contribution is 2.61. The zero-order chi connectivity index (χ0) is 23.7. The van der Waals surface area contributed by atoms with Crippen molar-refractivity contribution in [2.75, 3.05) is 0 Å². The molecule has 1 heterocycles. The van der Waals surface area contributed by atoms with E-state index in [2.05, 4.69) is 6.92 Å². The number of aliphatic hydroxyl groups excluding tert-OH is 5. The lowest BCUT2D eigenvalue weighted by molar-refractivity contribution is -0.271. The van der Waals surface area contributed by atoms with Gasteiger partial charge in [0.15, 0.2) is 6.10 Å². The van der Waals surface area contributed by atoms with Crippen LogP contribution in [0, 0.1) is 17.3 Å². The van der Waals surface area contributed by atoms with Crippen LogP contribution in [0.15, 0.2) is 18.2 Å². The zero-order valence-corrected chi connectivity index (χ0v) is 18.4. The molecule has 11 atom stereocenters. The first-order chi connectivity index (χ1) is 15.6. The van der Waals surface area contributed by atoms with Crippen molar-refractivity contribution >= 4 is 5.97 Å². The molecule has 1 saturated heterocycles. The number of benzene rings is 1. The number of carbonyl (C=O) groups is 1. The topological polar surface area (TPSA) is 157 Å². The minimum atomic E-state index is -1.76. The number of hydrogen-bond donors (Lipinski definition) is 6. The molecule has 0 spiro atoms. The summed E-state index contributed by atoms with van der Waals surface area (Å²) in [6, 6.07) is 5.60. The molecule has 0 unspecified atom stereocenters. The van der Waals surface area contributed by atoms with E-state index in [0.717, 1.165) is 31.2 Å². The molecule has 4 aliphatic rings. The molecule has 5 rings (SSSR count). The van der Waals surface area contributed by atoms with Gasteiger partial charge in [-0.05, 0) is 78.5 Å². The van der Waals surface area contributed by atoms with Gasteiger partial charge in [0, 0.05) is 0 Å². The van der Waals surface area contributed by atoms with E-state index in [4.69, 9.17) is 9.47 Å². The molecule has 0 amide bonds. The van der Waals surface area contributed by atoms with Crippen molar-refractivity contribution in [1.82, 2.24) is 0 Å². The smallest absolute Gasteiger partial charge is 0.335 e. The summed E-state index contributed by atoms with van der Waals surface area (Å²) in [5, 5.41) is 60.2. The lowest BCUT2D eigenvalue weighted by Crippen LogP contribution is -2.61. The van der Waals surface area contributed by atoms with Gasteiger partial charge in [0.2, 0.25) is 6.29 Å². The Morgan fingerprint density at radius 1 is 1.09 bits per heavy atom. The monoisotopic (exact) mass is 464 g/mol. The van der Waals surface area contributed by atoms with Gasteiger partial charge in [0.1, 0.15) is 24.1 Å². The van der Waals surface area contributed by atoms with Crippen molar-refractivity contribution in [1.29, 1.82) is 0 Å². The molecule has 1 aromatic carbocycles. The number of fused-ring (bicyclic) bond motifs is 5. The van der Waals surface area contributed by atoms with Crippen molar-refractivity contribution in [3.05, 3.63) is 29.3 Å². The summed E-state index contributed by atoms with van der Waals surface area (Å²) in [4.78, 5) is 11.3. The fraction of sp³-hybridized carbons (Fsp3) is 0.708. The summed E-state index contributed by atoms with van der Waals surface area (Å²) in [6.07, 6.45) is -5.40. The highest BCUT2D eigenvalue weighted by molar-refractivity contribution is 5.73. The Morgan fingerprint density at radius 3 is 2.58 bits per heavy atom. The second kappa shape index (κ2) is 8.18. The number of carboxylic acid groups (broad SMARTS) is 1. The third-order valence-electron chi connectivity index (χ3n) is 8.74. The van der Waals surface area contributed by atoms with Crippen LogP contribution >= 0.6 is 0 Å². The van der Waals surface area contributed by atoms with Gasteiger partial charge in [0.25, 0.3) is 0 Å². The van der Waals surface area contributed by atoms with Gasteiger partial charge in [-0.25, -0.2) is 4.79 Å². The molecule has 0 bridgehead atoms. The molecule has 9 heteroatoms. The predicted octanol–water partition coefficient (Wildman–Crippen LogP) is 0.145. The quantitative estimate of drug-likeness (QED) is 0.366. The van der Waals surface area contributed by atoms with Gasteiger partial charge in [-0.3, -0.25) is 0 Å². The highest BCUT2D eigenvalue weighted by atomic mass is 16.7. The number of ether oxygens (including phenoxy) is 2. The molecular formula is C24H32O9. The molecule has 0 aromatic heterocycles. The first-order valence-corrected chi connectivity index (χ1v) is 11.7. The molecule has 0 radical (unpaired) electrons. The Bertz CT molecular complexity index is 921. The lowest BCUT2D eigenvalue weighted by Gasteiger charge is -2.50. The van der Waals surface area contributed by atoms with Crippen LogP contribution < -0.4 is 4.74 Å². The Balaban J connectivity index is 1.34. The number of aliphatic hydroxyl groups is 5. The van der Waals surface area contributed by atoms with Gasteiger partial charge >= 0.3 is 5.97 Å². The Labute approximate surface area is 191 Å². The van der Waals surface area contributed by atoms with Crippen molar-refractivity contribution < 1.29 is 44.9 Å². The second-order valence-corrected chi connectivity index (χ2v) is 10.4. The van der Waals surface area contributed by atoms with E-state index in [9.17, 15) is 35.4 Å². The molecule has 3 fully saturated rings. The normalized spacial score (nSPS) is 46.7. The van der Waals surface area contributed by atoms with E-state index in [1.54, 1.807) is 6.07 Å². The van der Waals surface area contributed by atoms with E-state index in [0.29, 0.717) is 24.0 Å². The Hall–Kier alpha value is -1.75. The molecule has 182 valence electrons. The van der Waals surface area contributed by atoms with Crippen molar-refractivity contribution in [3.63, 3.8) is 0 Å². The third-order valence-corrected chi connectivity index (χ3v) is 8.74. The first-order valence-electron chi connectivity index (χ1n) is 11.7. The molecule has 1 aliphatic heterocycles. The average Bonchev–Trinajstić information content (AvgIpc) is 3.02. The molecule has 9 nitrogen and oxygen atoms in total. The van der Waals surface area contributed by atoms with Crippen LogP contribution in [-0.2, 0) is 16.0 Å². The van der Waals surface area contributed by atoms with Gasteiger partial charge in [-0.2, -0.15) is 0 Å². The predicted molar refractivity (Wildman–Crippen MR) is 113 cm³/mol. The van der Waals surface area contributed by atoms with Crippen molar-refractivity contribution in [2.45, 2.75) is 87.9 Å². The van der Waals surface area contributed by atoms with Crippen LogP contribution in [0.1, 0.15) is 49.7 Å². The molecule has 2 saturated carbocycles. The second-order valence-electron chi connectivity index (χ2n) is 10.4. The average molecular weight is 465 g/mol. The number of hydrogen-bond acceptors (Lipinski definition) is 8. The van der Waals surface area contributed by atoms with Gasteiger partial charge in [-0.1, -0.05) is 13.0 Å². The van der Waals surface area contributed by atoms with Crippen LogP contribution in [0.5, 0.6) is 5.75 Å². The molecule has 3 aliphatic carbocycles. The standard InChI is InChI=1S/C24H32O9/c1-24-7-6-13-12-5-3-11(32-23-19(28)17(26)18(27)20(33-23)22(30)31)8-10(12)2-4-14(13)15(24)9-16(25)21(24)29/h3,5,8,13-21,23,25-29H,2,4,6-7,9H2,1H3,(H,30,31)/t13-,14-,15+,16+,17+,18+,19-,20+,21+,23-,24+/m1/s1. The summed E-state index contributed by atoms with van der Waals surface area (Å²) >= 11 is 0. The van der Waals surface area contributed by atoms with Gasteiger partial charge in [0.05, 0.1) is 12.2 Å². The largest absolute Gasteiger partial charge is 0.479 e. The molecule has 6 N–H and O–H groups in total. The lowest BCUT2D eigenvalue weighted by atomic mass is 9.55. The fourth-order valence-corrected chi connectivity index (χ4v) is 6.90. The number of carboxylic acids is 1. The van der Waals surface area contributed by atoms with Gasteiger partial charge in [-0.15, -0.1) is 0 Å². The van der Waals surface area contributed by atoms with Crippen LogP contribution in [0.4, 0.5) is 0 Å². The molecular weight excluding hydrogens is 432 g/mol. The summed E-state index contributed by atoms with van der Waals surface area (Å²) < 4.78 is 10.9. The van der Waals surface area contributed by atoms with Crippen molar-refractivity contribution in [3.8, 4) is 5.75 Å². The van der Waals surface area contributed by atoms with E-state index in [1.807, 2.05) is 12.1 Å². The summed E-state index contributed by atoms with van der Waals surface area (Å²) in [7, 11) is 0. The first kappa shape index (κ1) is 23.0. The van der Waals surface area contributed by atoms with Gasteiger partial charge < -0.3 is 40.1 Å². The van der Waals surface area contributed by atoms with Crippen LogP contribution in [0.25, 0.3) is 0 Å². The maximum absolute atomic E-state index is 11.3. The zero-order valence-electron chi connectivity index (χ0n) is 18.4. The Morgan fingerprint density at radius 2 is 1.85 bits per heavy atom. The number of aryl methyl sites for hydroxylation is 1. The SMILES string of the molecule is C[C@]12CC[C@@H]3c4ccc(O[C@@H]5O[C@H](C(=O)O)[C@@H](O)[C@H](O)[C@H]5O)cc4CC[C@H]3[C@@H]1C[C@H](O)[C@@H]2O. The molecule has 33 heavy (non-hydrogen) atoms. The van der Waals surface area contributed by atoms with E-state index >= 15 is 0 Å². The van der Waals surface area contributed by atoms with E-state index in [-0.39, 0.29) is 11.3 Å². The van der Waals surface area contributed by atoms with Crippen LogP contribution in [-0.4, -0.2) is 79.5 Å². The fourth-order valence-electron chi connectivity index (χ4n) is 6.90.